The predicted octanol–water partition coefficient (Wildman–Crippen LogP) is 0.505. The van der Waals surface area contributed by atoms with Crippen molar-refractivity contribution in [1.29, 1.82) is 0 Å². The van der Waals surface area contributed by atoms with Crippen LogP contribution >= 0.6 is 0 Å². The molecular formula is C13H20N2O6S. The van der Waals surface area contributed by atoms with Gasteiger partial charge in [0.2, 0.25) is 16.8 Å². The first-order valence-corrected chi connectivity index (χ1v) is 8.11. The van der Waals surface area contributed by atoms with Crippen molar-refractivity contribution in [2.24, 2.45) is 5.92 Å². The van der Waals surface area contributed by atoms with Crippen molar-refractivity contribution in [3.8, 4) is 0 Å². The number of hydrogen-bond acceptors (Lipinski definition) is 6. The molecule has 1 aromatic rings. The van der Waals surface area contributed by atoms with Crippen LogP contribution in [-0.2, 0) is 19.6 Å². The van der Waals surface area contributed by atoms with Gasteiger partial charge in [-0.2, -0.15) is 4.72 Å². The number of ether oxygens (including phenoxy) is 1. The number of hydrogen-bond donors (Lipinski definition) is 2. The number of carbonyl (C=O) groups excluding carboxylic acids is 2. The van der Waals surface area contributed by atoms with E-state index < -0.39 is 33.0 Å². The number of likely N-dealkylation sites (N-methyl/N-ethyl adjacent to an activating group) is 1. The third kappa shape index (κ3) is 4.57. The third-order valence-corrected chi connectivity index (χ3v) is 4.14. The van der Waals surface area contributed by atoms with Crippen LogP contribution in [0.25, 0.3) is 0 Å². The first kappa shape index (κ1) is 18.2. The van der Waals surface area contributed by atoms with Crippen molar-refractivity contribution in [1.82, 2.24) is 10.0 Å². The lowest BCUT2D eigenvalue weighted by molar-refractivity contribution is -0.122. The summed E-state index contributed by atoms with van der Waals surface area (Å²) >= 11 is 0. The van der Waals surface area contributed by atoms with E-state index in [0.29, 0.717) is 6.42 Å². The van der Waals surface area contributed by atoms with Crippen LogP contribution in [0, 0.1) is 5.92 Å². The van der Waals surface area contributed by atoms with Gasteiger partial charge in [0.25, 0.3) is 10.0 Å². The fraction of sp³-hybridized carbons (Fsp3) is 0.538. The van der Waals surface area contributed by atoms with Crippen LogP contribution in [0.15, 0.2) is 21.6 Å². The highest BCUT2D eigenvalue weighted by Gasteiger charge is 2.28. The molecule has 1 aromatic heterocycles. The van der Waals surface area contributed by atoms with E-state index in [1.54, 1.807) is 0 Å². The van der Waals surface area contributed by atoms with Gasteiger partial charge in [0, 0.05) is 7.05 Å². The molecular weight excluding hydrogens is 312 g/mol. The Hall–Kier alpha value is -1.87. The van der Waals surface area contributed by atoms with Gasteiger partial charge >= 0.3 is 5.97 Å². The average molecular weight is 332 g/mol. The van der Waals surface area contributed by atoms with Crippen molar-refractivity contribution in [2.75, 3.05) is 14.2 Å². The van der Waals surface area contributed by atoms with E-state index in [0.717, 1.165) is 13.2 Å². The molecule has 0 unspecified atom stereocenters. The minimum Gasteiger partial charge on any atom is -0.463 e. The normalized spacial score (nSPS) is 13.0. The molecule has 2 N–H and O–H groups in total. The number of amides is 1. The Labute approximate surface area is 129 Å². The van der Waals surface area contributed by atoms with Crippen LogP contribution < -0.4 is 10.0 Å². The van der Waals surface area contributed by atoms with E-state index >= 15 is 0 Å². The maximum absolute atomic E-state index is 12.2. The molecule has 8 nitrogen and oxygen atoms in total. The molecule has 0 bridgehead atoms. The van der Waals surface area contributed by atoms with Crippen LogP contribution in [-0.4, -0.2) is 40.5 Å². The zero-order valence-corrected chi connectivity index (χ0v) is 13.7. The summed E-state index contributed by atoms with van der Waals surface area (Å²) in [5.41, 5.74) is 0. The Morgan fingerprint density at radius 2 is 1.95 bits per heavy atom. The molecule has 0 aliphatic heterocycles. The van der Waals surface area contributed by atoms with Gasteiger partial charge < -0.3 is 14.5 Å². The topological polar surface area (TPSA) is 115 Å². The number of sulfonamides is 1. The molecule has 0 fully saturated rings. The molecule has 0 radical (unpaired) electrons. The highest BCUT2D eigenvalue weighted by molar-refractivity contribution is 7.89. The van der Waals surface area contributed by atoms with Gasteiger partial charge in [0.1, 0.15) is 6.04 Å². The molecule has 22 heavy (non-hydrogen) atoms. The number of esters is 1. The molecule has 0 saturated carbocycles. The second-order valence-electron chi connectivity index (χ2n) is 5.03. The van der Waals surface area contributed by atoms with Gasteiger partial charge in [0.05, 0.1) is 7.11 Å². The zero-order valence-electron chi connectivity index (χ0n) is 12.9. The fourth-order valence-corrected chi connectivity index (χ4v) is 2.92. The molecule has 0 aliphatic carbocycles. The molecule has 0 saturated heterocycles. The first-order chi connectivity index (χ1) is 10.2. The van der Waals surface area contributed by atoms with Crippen LogP contribution in [0.4, 0.5) is 0 Å². The quantitative estimate of drug-likeness (QED) is 0.703. The Balaban J connectivity index is 2.99. The summed E-state index contributed by atoms with van der Waals surface area (Å²) in [6.07, 6.45) is 0.323. The average Bonchev–Trinajstić information content (AvgIpc) is 2.94. The molecule has 1 rings (SSSR count). The number of rotatable bonds is 7. The smallest absolute Gasteiger partial charge is 0.374 e. The van der Waals surface area contributed by atoms with Crippen LogP contribution in [0.3, 0.4) is 0 Å². The van der Waals surface area contributed by atoms with Gasteiger partial charge in [0.15, 0.2) is 0 Å². The highest BCUT2D eigenvalue weighted by atomic mass is 32.2. The Kier molecular flexibility index (Phi) is 6.12. The van der Waals surface area contributed by atoms with Gasteiger partial charge in [-0.15, -0.1) is 0 Å². The van der Waals surface area contributed by atoms with Gasteiger partial charge in [-0.25, -0.2) is 13.2 Å². The van der Waals surface area contributed by atoms with Crippen LogP contribution in [0.5, 0.6) is 0 Å². The summed E-state index contributed by atoms with van der Waals surface area (Å²) in [4.78, 5) is 23.1. The van der Waals surface area contributed by atoms with Crippen LogP contribution in [0.1, 0.15) is 30.8 Å². The molecule has 124 valence electrons. The molecule has 1 heterocycles. The van der Waals surface area contributed by atoms with Crippen molar-refractivity contribution in [2.45, 2.75) is 31.4 Å². The number of nitrogens with one attached hydrogen (secondary N) is 2. The first-order valence-electron chi connectivity index (χ1n) is 6.63. The summed E-state index contributed by atoms with van der Waals surface area (Å²) < 4.78 is 36.1. The molecule has 9 heteroatoms. The van der Waals surface area contributed by atoms with Crippen molar-refractivity contribution in [3.05, 3.63) is 17.9 Å². The van der Waals surface area contributed by atoms with E-state index in [4.69, 9.17) is 4.42 Å². The highest BCUT2D eigenvalue weighted by Crippen LogP contribution is 2.16. The van der Waals surface area contributed by atoms with Gasteiger partial charge in [-0.05, 0) is 24.5 Å². The van der Waals surface area contributed by atoms with Gasteiger partial charge in [-0.1, -0.05) is 13.8 Å². The van der Waals surface area contributed by atoms with E-state index in [9.17, 15) is 18.0 Å². The summed E-state index contributed by atoms with van der Waals surface area (Å²) in [7, 11) is -1.49. The minimum absolute atomic E-state index is 0.104. The predicted molar refractivity (Wildman–Crippen MR) is 77.7 cm³/mol. The molecule has 1 amide bonds. The molecule has 0 aliphatic rings. The maximum atomic E-state index is 12.2. The summed E-state index contributed by atoms with van der Waals surface area (Å²) in [5, 5.41) is 1.95. The largest absolute Gasteiger partial charge is 0.463 e. The molecule has 0 spiro atoms. The lowest BCUT2D eigenvalue weighted by atomic mass is 10.0. The Bertz CT molecular complexity index is 635. The van der Waals surface area contributed by atoms with E-state index in [1.807, 2.05) is 13.8 Å². The second kappa shape index (κ2) is 7.41. The fourth-order valence-electron chi connectivity index (χ4n) is 1.77. The number of furan rings is 1. The SMILES string of the molecule is CNC(=O)[C@H](CC(C)C)NS(=O)(=O)c1ccc(C(=O)OC)o1. The molecule has 1 atom stereocenters. The standard InChI is InChI=1S/C13H20N2O6S/c1-8(2)7-9(12(16)14-3)15-22(18,19)11-6-5-10(21-11)13(17)20-4/h5-6,8-9,15H,7H2,1-4H3,(H,14,16)/t9-/m0/s1. The maximum Gasteiger partial charge on any atom is 0.374 e. The number of carbonyl (C=O) groups is 2. The summed E-state index contributed by atoms with van der Waals surface area (Å²) in [6, 6.07) is 1.39. The summed E-state index contributed by atoms with van der Waals surface area (Å²) in [5.74, 6) is -1.36. The Morgan fingerprint density at radius 1 is 1.32 bits per heavy atom. The summed E-state index contributed by atoms with van der Waals surface area (Å²) in [6.45, 7) is 3.74. The van der Waals surface area contributed by atoms with Crippen molar-refractivity contribution >= 4 is 21.9 Å². The zero-order chi connectivity index (χ0) is 16.9. The van der Waals surface area contributed by atoms with E-state index in [2.05, 4.69) is 14.8 Å². The van der Waals surface area contributed by atoms with Gasteiger partial charge in [-0.3, -0.25) is 4.79 Å². The lowest BCUT2D eigenvalue weighted by Crippen LogP contribution is -2.46. The minimum atomic E-state index is -4.07. The van der Waals surface area contributed by atoms with E-state index in [1.165, 1.54) is 13.1 Å². The Morgan fingerprint density at radius 3 is 2.45 bits per heavy atom. The third-order valence-electron chi connectivity index (χ3n) is 2.80. The molecule has 0 aromatic carbocycles. The van der Waals surface area contributed by atoms with Crippen LogP contribution in [0.2, 0.25) is 0 Å². The number of methoxy groups -OCH3 is 1. The lowest BCUT2D eigenvalue weighted by Gasteiger charge is -2.18. The van der Waals surface area contributed by atoms with Crippen molar-refractivity contribution < 1.29 is 27.2 Å². The second-order valence-corrected chi connectivity index (χ2v) is 6.67. The monoisotopic (exact) mass is 332 g/mol. The van der Waals surface area contributed by atoms with E-state index in [-0.39, 0.29) is 11.7 Å². The van der Waals surface area contributed by atoms with Crippen molar-refractivity contribution in [3.63, 3.8) is 0 Å².